The summed E-state index contributed by atoms with van der Waals surface area (Å²) >= 11 is 0. The van der Waals surface area contributed by atoms with Crippen LogP contribution in [-0.2, 0) is 0 Å². The van der Waals surface area contributed by atoms with Crippen molar-refractivity contribution in [2.45, 2.75) is 0 Å². The third-order valence-electron chi connectivity index (χ3n) is 2.58. The van der Waals surface area contributed by atoms with Gasteiger partial charge in [0, 0.05) is 19.7 Å². The van der Waals surface area contributed by atoms with Gasteiger partial charge in [-0.25, -0.2) is 0 Å². The number of furan rings is 1. The molecule has 0 aliphatic rings. The number of benzene rings is 1. The summed E-state index contributed by atoms with van der Waals surface area (Å²) in [5.41, 5.74) is 0.882. The van der Waals surface area contributed by atoms with Gasteiger partial charge < -0.3 is 14.1 Å². The van der Waals surface area contributed by atoms with E-state index >= 15 is 0 Å². The molecule has 0 spiro atoms. The number of ether oxygens (including phenoxy) is 1. The summed E-state index contributed by atoms with van der Waals surface area (Å²) in [5.74, 6) is 1.59. The van der Waals surface area contributed by atoms with E-state index in [4.69, 9.17) is 9.15 Å². The molecule has 1 amide bonds. The Morgan fingerprint density at radius 1 is 1.22 bits per heavy atom. The first-order valence-corrected chi connectivity index (χ1v) is 5.57. The fourth-order valence-electron chi connectivity index (χ4n) is 1.60. The SMILES string of the molecule is COc1cccc(-c2ccc(C(=O)N(C)C)o2)c1. The van der Waals surface area contributed by atoms with Crippen LogP contribution in [0, 0.1) is 0 Å². The quantitative estimate of drug-likeness (QED) is 0.834. The number of carbonyl (C=O) groups is 1. The third kappa shape index (κ3) is 2.37. The third-order valence-corrected chi connectivity index (χ3v) is 2.58. The first kappa shape index (κ1) is 12.2. The Kier molecular flexibility index (Phi) is 3.37. The minimum atomic E-state index is -0.149. The van der Waals surface area contributed by atoms with E-state index in [1.807, 2.05) is 24.3 Å². The van der Waals surface area contributed by atoms with Gasteiger partial charge in [0.05, 0.1) is 7.11 Å². The molecule has 0 unspecified atom stereocenters. The van der Waals surface area contributed by atoms with Crippen molar-refractivity contribution >= 4 is 5.91 Å². The average Bonchev–Trinajstić information content (AvgIpc) is 2.87. The van der Waals surface area contributed by atoms with Crippen LogP contribution in [0.15, 0.2) is 40.8 Å². The van der Waals surface area contributed by atoms with Gasteiger partial charge in [0.15, 0.2) is 5.76 Å². The van der Waals surface area contributed by atoms with E-state index in [-0.39, 0.29) is 5.91 Å². The predicted molar refractivity (Wildman–Crippen MR) is 68.7 cm³/mol. The second kappa shape index (κ2) is 4.96. The zero-order valence-electron chi connectivity index (χ0n) is 10.6. The van der Waals surface area contributed by atoms with Crippen LogP contribution in [0.25, 0.3) is 11.3 Å². The van der Waals surface area contributed by atoms with Crippen molar-refractivity contribution in [2.24, 2.45) is 0 Å². The Hall–Kier alpha value is -2.23. The van der Waals surface area contributed by atoms with E-state index in [0.29, 0.717) is 11.5 Å². The normalized spacial score (nSPS) is 10.2. The highest BCUT2D eigenvalue weighted by molar-refractivity contribution is 5.91. The number of rotatable bonds is 3. The van der Waals surface area contributed by atoms with Gasteiger partial charge in [-0.1, -0.05) is 12.1 Å². The Labute approximate surface area is 106 Å². The van der Waals surface area contributed by atoms with Crippen LogP contribution < -0.4 is 4.74 Å². The van der Waals surface area contributed by atoms with Crippen molar-refractivity contribution in [1.29, 1.82) is 0 Å². The van der Waals surface area contributed by atoms with Crippen LogP contribution in [0.4, 0.5) is 0 Å². The summed E-state index contributed by atoms with van der Waals surface area (Å²) in [5, 5.41) is 0. The van der Waals surface area contributed by atoms with Crippen LogP contribution >= 0.6 is 0 Å². The van der Waals surface area contributed by atoms with Gasteiger partial charge in [-0.15, -0.1) is 0 Å². The monoisotopic (exact) mass is 245 g/mol. The summed E-state index contributed by atoms with van der Waals surface area (Å²) in [6, 6.07) is 11.0. The average molecular weight is 245 g/mol. The molecule has 1 aromatic heterocycles. The fraction of sp³-hybridized carbons (Fsp3) is 0.214. The minimum Gasteiger partial charge on any atom is -0.497 e. The van der Waals surface area contributed by atoms with Crippen LogP contribution in [0.5, 0.6) is 5.75 Å². The van der Waals surface area contributed by atoms with E-state index < -0.39 is 0 Å². The molecule has 4 nitrogen and oxygen atoms in total. The van der Waals surface area contributed by atoms with Gasteiger partial charge in [0.2, 0.25) is 0 Å². The number of amides is 1. The molecule has 0 radical (unpaired) electrons. The Bertz CT molecular complexity index is 558. The Balaban J connectivity index is 2.32. The molecule has 2 aromatic rings. The maximum atomic E-state index is 11.7. The summed E-state index contributed by atoms with van der Waals surface area (Å²) in [6.45, 7) is 0. The van der Waals surface area contributed by atoms with Crippen molar-refractivity contribution in [1.82, 2.24) is 4.90 Å². The van der Waals surface area contributed by atoms with E-state index in [2.05, 4.69) is 0 Å². The van der Waals surface area contributed by atoms with Crippen molar-refractivity contribution in [3.05, 3.63) is 42.2 Å². The van der Waals surface area contributed by atoms with Crippen molar-refractivity contribution < 1.29 is 13.9 Å². The van der Waals surface area contributed by atoms with Gasteiger partial charge in [-0.3, -0.25) is 4.79 Å². The highest BCUT2D eigenvalue weighted by atomic mass is 16.5. The predicted octanol–water partition coefficient (Wildman–Crippen LogP) is 2.66. The summed E-state index contributed by atoms with van der Waals surface area (Å²) in [7, 11) is 4.99. The largest absolute Gasteiger partial charge is 0.497 e. The van der Waals surface area contributed by atoms with Crippen LogP contribution in [0.2, 0.25) is 0 Å². The number of hydrogen-bond donors (Lipinski definition) is 0. The van der Waals surface area contributed by atoms with Crippen LogP contribution in [0.3, 0.4) is 0 Å². The lowest BCUT2D eigenvalue weighted by Crippen LogP contribution is -2.20. The van der Waals surface area contributed by atoms with Gasteiger partial charge in [-0.2, -0.15) is 0 Å². The van der Waals surface area contributed by atoms with Gasteiger partial charge >= 0.3 is 0 Å². The summed E-state index contributed by atoms with van der Waals surface area (Å²) < 4.78 is 10.7. The molecule has 0 bridgehead atoms. The maximum absolute atomic E-state index is 11.7. The molecule has 1 heterocycles. The van der Waals surface area contributed by atoms with Gasteiger partial charge in [0.25, 0.3) is 5.91 Å². The molecule has 0 saturated heterocycles. The van der Waals surface area contributed by atoms with Crippen molar-refractivity contribution in [2.75, 3.05) is 21.2 Å². The lowest BCUT2D eigenvalue weighted by molar-refractivity contribution is 0.0797. The molecule has 94 valence electrons. The molecule has 0 aliphatic carbocycles. The number of nitrogens with zero attached hydrogens (tertiary/aromatic N) is 1. The molecule has 0 aliphatic heterocycles. The molecule has 1 aromatic carbocycles. The zero-order valence-corrected chi connectivity index (χ0v) is 10.6. The first-order chi connectivity index (χ1) is 8.61. The van der Waals surface area contributed by atoms with E-state index in [1.54, 1.807) is 33.3 Å². The van der Waals surface area contributed by atoms with Crippen LogP contribution in [-0.4, -0.2) is 32.0 Å². The summed E-state index contributed by atoms with van der Waals surface area (Å²) in [6.07, 6.45) is 0. The van der Waals surface area contributed by atoms with Gasteiger partial charge in [-0.05, 0) is 24.3 Å². The Morgan fingerprint density at radius 3 is 2.67 bits per heavy atom. The molecule has 0 N–H and O–H groups in total. The highest BCUT2D eigenvalue weighted by Crippen LogP contribution is 2.25. The molecule has 0 fully saturated rings. The molecular weight excluding hydrogens is 230 g/mol. The number of methoxy groups -OCH3 is 1. The zero-order chi connectivity index (χ0) is 13.1. The number of hydrogen-bond acceptors (Lipinski definition) is 3. The van der Waals surface area contributed by atoms with E-state index in [1.165, 1.54) is 4.90 Å². The molecule has 0 saturated carbocycles. The number of carbonyl (C=O) groups excluding carboxylic acids is 1. The fourth-order valence-corrected chi connectivity index (χ4v) is 1.60. The second-order valence-electron chi connectivity index (χ2n) is 4.10. The maximum Gasteiger partial charge on any atom is 0.289 e. The standard InChI is InChI=1S/C14H15NO3/c1-15(2)14(16)13-8-7-12(18-13)10-5-4-6-11(9-10)17-3/h4-9H,1-3H3. The van der Waals surface area contributed by atoms with Crippen molar-refractivity contribution in [3.8, 4) is 17.1 Å². The molecule has 2 rings (SSSR count). The molecular formula is C14H15NO3. The lowest BCUT2D eigenvalue weighted by Gasteiger charge is -2.07. The smallest absolute Gasteiger partial charge is 0.289 e. The van der Waals surface area contributed by atoms with Crippen LogP contribution in [0.1, 0.15) is 10.6 Å². The van der Waals surface area contributed by atoms with Crippen molar-refractivity contribution in [3.63, 3.8) is 0 Å². The lowest BCUT2D eigenvalue weighted by atomic mass is 10.2. The van der Waals surface area contributed by atoms with E-state index in [9.17, 15) is 4.79 Å². The highest BCUT2D eigenvalue weighted by Gasteiger charge is 2.13. The van der Waals surface area contributed by atoms with E-state index in [0.717, 1.165) is 11.3 Å². The molecule has 4 heteroatoms. The summed E-state index contributed by atoms with van der Waals surface area (Å²) in [4.78, 5) is 13.2. The topological polar surface area (TPSA) is 42.7 Å². The minimum absolute atomic E-state index is 0.149. The molecule has 18 heavy (non-hydrogen) atoms. The first-order valence-electron chi connectivity index (χ1n) is 5.57. The molecule has 0 atom stereocenters. The second-order valence-corrected chi connectivity index (χ2v) is 4.10. The van der Waals surface area contributed by atoms with Gasteiger partial charge in [0.1, 0.15) is 11.5 Å². The Morgan fingerprint density at radius 2 is 2.00 bits per heavy atom.